The van der Waals surface area contributed by atoms with E-state index in [4.69, 9.17) is 9.47 Å². The zero-order valence-corrected chi connectivity index (χ0v) is 17.0. The summed E-state index contributed by atoms with van der Waals surface area (Å²) in [5.74, 6) is 1.93. The van der Waals surface area contributed by atoms with E-state index in [2.05, 4.69) is 10.6 Å². The number of hydrogen-bond acceptors (Lipinski definition) is 4. The minimum Gasteiger partial charge on any atom is -0.494 e. The highest BCUT2D eigenvalue weighted by Gasteiger charge is 2.06. The number of ether oxygens (including phenoxy) is 2. The number of carbonyl (C=O) groups is 2. The van der Waals surface area contributed by atoms with Gasteiger partial charge in [-0.15, -0.1) is 0 Å². The number of nitrogens with one attached hydrogen (secondary N) is 2. The lowest BCUT2D eigenvalue weighted by Gasteiger charge is -2.09. The fourth-order valence-corrected chi connectivity index (χ4v) is 2.81. The van der Waals surface area contributed by atoms with Crippen LogP contribution in [-0.2, 0) is 16.0 Å². The predicted octanol–water partition coefficient (Wildman–Crippen LogP) is 5.02. The van der Waals surface area contributed by atoms with E-state index in [0.717, 1.165) is 11.3 Å². The molecular formula is C24H24N2O4. The molecule has 0 saturated heterocycles. The highest BCUT2D eigenvalue weighted by atomic mass is 16.5. The molecule has 154 valence electrons. The molecule has 0 aliphatic rings. The molecule has 0 unspecified atom stereocenters. The Hall–Kier alpha value is -3.80. The molecule has 0 aromatic heterocycles. The maximum Gasteiger partial charge on any atom is 0.228 e. The van der Waals surface area contributed by atoms with Gasteiger partial charge in [-0.1, -0.05) is 12.1 Å². The van der Waals surface area contributed by atoms with Gasteiger partial charge in [0, 0.05) is 18.3 Å². The van der Waals surface area contributed by atoms with Crippen molar-refractivity contribution in [1.29, 1.82) is 0 Å². The molecule has 2 N–H and O–H groups in total. The number of amides is 2. The second-order valence-electron chi connectivity index (χ2n) is 6.63. The molecule has 2 amide bonds. The number of hydrogen-bond donors (Lipinski definition) is 2. The second kappa shape index (κ2) is 10.1. The summed E-state index contributed by atoms with van der Waals surface area (Å²) < 4.78 is 11.2. The maximum atomic E-state index is 12.3. The second-order valence-corrected chi connectivity index (χ2v) is 6.63. The van der Waals surface area contributed by atoms with E-state index in [9.17, 15) is 9.59 Å². The van der Waals surface area contributed by atoms with Crippen LogP contribution in [-0.4, -0.2) is 18.4 Å². The van der Waals surface area contributed by atoms with Gasteiger partial charge in [0.25, 0.3) is 0 Å². The van der Waals surface area contributed by atoms with Crippen LogP contribution in [0.5, 0.6) is 17.2 Å². The van der Waals surface area contributed by atoms with Crippen LogP contribution in [0.4, 0.5) is 11.4 Å². The van der Waals surface area contributed by atoms with Gasteiger partial charge in [0.15, 0.2) is 0 Å². The Morgan fingerprint density at radius 2 is 1.23 bits per heavy atom. The van der Waals surface area contributed by atoms with E-state index in [-0.39, 0.29) is 18.2 Å². The zero-order valence-electron chi connectivity index (χ0n) is 17.0. The Balaban J connectivity index is 1.52. The molecule has 0 fully saturated rings. The minimum absolute atomic E-state index is 0.123. The average Bonchev–Trinajstić information content (AvgIpc) is 2.72. The number of anilines is 2. The molecule has 3 rings (SSSR count). The summed E-state index contributed by atoms with van der Waals surface area (Å²) in [7, 11) is 0. The standard InChI is InChI=1S/C24H24N2O4/c1-3-29-21-12-14-23(15-13-21)30-22-10-8-20(9-11-22)26-24(28)16-18-4-6-19(7-5-18)25-17(2)27/h4-15H,3,16H2,1-2H3,(H,25,27)(H,26,28). The predicted molar refractivity (Wildman–Crippen MR) is 117 cm³/mol. The Bertz CT molecular complexity index is 981. The maximum absolute atomic E-state index is 12.3. The molecule has 3 aromatic carbocycles. The van der Waals surface area contributed by atoms with Gasteiger partial charge in [0.1, 0.15) is 17.2 Å². The minimum atomic E-state index is -0.129. The van der Waals surface area contributed by atoms with Crippen LogP contribution in [0.25, 0.3) is 0 Å². The first-order chi connectivity index (χ1) is 14.5. The van der Waals surface area contributed by atoms with Crippen LogP contribution in [0.15, 0.2) is 72.8 Å². The van der Waals surface area contributed by atoms with Crippen molar-refractivity contribution in [3.05, 3.63) is 78.4 Å². The SMILES string of the molecule is CCOc1ccc(Oc2ccc(NC(=O)Cc3ccc(NC(C)=O)cc3)cc2)cc1. The van der Waals surface area contributed by atoms with Crippen LogP contribution in [0, 0.1) is 0 Å². The summed E-state index contributed by atoms with van der Waals surface area (Å²) >= 11 is 0. The van der Waals surface area contributed by atoms with Crippen molar-refractivity contribution in [3.63, 3.8) is 0 Å². The van der Waals surface area contributed by atoms with E-state index in [1.165, 1.54) is 6.92 Å². The third-order valence-electron chi connectivity index (χ3n) is 4.15. The third kappa shape index (κ3) is 6.38. The van der Waals surface area contributed by atoms with Gasteiger partial charge in [-0.05, 0) is 73.2 Å². The summed E-state index contributed by atoms with van der Waals surface area (Å²) in [6, 6.07) is 21.8. The lowest BCUT2D eigenvalue weighted by molar-refractivity contribution is -0.116. The van der Waals surface area contributed by atoms with E-state index < -0.39 is 0 Å². The fourth-order valence-electron chi connectivity index (χ4n) is 2.81. The molecule has 0 bridgehead atoms. The fraction of sp³-hybridized carbons (Fsp3) is 0.167. The van der Waals surface area contributed by atoms with Crippen LogP contribution in [0.1, 0.15) is 19.4 Å². The summed E-state index contributed by atoms with van der Waals surface area (Å²) in [6.45, 7) is 4.01. The van der Waals surface area contributed by atoms with Crippen molar-refractivity contribution in [1.82, 2.24) is 0 Å². The molecular weight excluding hydrogens is 380 g/mol. The monoisotopic (exact) mass is 404 g/mol. The zero-order chi connectivity index (χ0) is 21.3. The van der Waals surface area contributed by atoms with E-state index in [1.807, 2.05) is 43.3 Å². The van der Waals surface area contributed by atoms with E-state index in [0.29, 0.717) is 29.5 Å². The van der Waals surface area contributed by atoms with Gasteiger partial charge in [0.05, 0.1) is 13.0 Å². The van der Waals surface area contributed by atoms with Crippen molar-refractivity contribution in [3.8, 4) is 17.2 Å². The first kappa shape index (κ1) is 20.9. The van der Waals surface area contributed by atoms with Gasteiger partial charge < -0.3 is 20.1 Å². The molecule has 0 aliphatic carbocycles. The van der Waals surface area contributed by atoms with Crippen LogP contribution in [0.2, 0.25) is 0 Å². The lowest BCUT2D eigenvalue weighted by atomic mass is 10.1. The van der Waals surface area contributed by atoms with Crippen LogP contribution < -0.4 is 20.1 Å². The Labute approximate surface area is 175 Å². The molecule has 0 aliphatic heterocycles. The normalized spacial score (nSPS) is 10.2. The molecule has 3 aromatic rings. The number of benzene rings is 3. The van der Waals surface area contributed by atoms with Crippen molar-refractivity contribution < 1.29 is 19.1 Å². The van der Waals surface area contributed by atoms with Crippen molar-refractivity contribution in [2.24, 2.45) is 0 Å². The molecule has 6 heteroatoms. The Morgan fingerprint density at radius 1 is 0.733 bits per heavy atom. The van der Waals surface area contributed by atoms with Crippen LogP contribution in [0.3, 0.4) is 0 Å². The lowest BCUT2D eigenvalue weighted by Crippen LogP contribution is -2.14. The van der Waals surface area contributed by atoms with Crippen molar-refractivity contribution >= 4 is 23.2 Å². The third-order valence-corrected chi connectivity index (χ3v) is 4.15. The summed E-state index contributed by atoms with van der Waals surface area (Å²) in [4.78, 5) is 23.3. The molecule has 30 heavy (non-hydrogen) atoms. The smallest absolute Gasteiger partial charge is 0.228 e. The van der Waals surface area contributed by atoms with Crippen LogP contribution >= 0.6 is 0 Å². The van der Waals surface area contributed by atoms with E-state index in [1.54, 1.807) is 36.4 Å². The molecule has 0 radical (unpaired) electrons. The number of rotatable bonds is 8. The summed E-state index contributed by atoms with van der Waals surface area (Å²) in [5.41, 5.74) is 2.25. The molecule has 0 saturated carbocycles. The number of carbonyl (C=O) groups excluding carboxylic acids is 2. The molecule has 0 spiro atoms. The highest BCUT2D eigenvalue weighted by Crippen LogP contribution is 2.25. The van der Waals surface area contributed by atoms with Gasteiger partial charge in [-0.3, -0.25) is 9.59 Å². The topological polar surface area (TPSA) is 76.7 Å². The molecule has 0 heterocycles. The molecule has 0 atom stereocenters. The van der Waals surface area contributed by atoms with Gasteiger partial charge in [-0.2, -0.15) is 0 Å². The van der Waals surface area contributed by atoms with E-state index >= 15 is 0 Å². The summed E-state index contributed by atoms with van der Waals surface area (Å²) in [6.07, 6.45) is 0.241. The quantitative estimate of drug-likeness (QED) is 0.553. The first-order valence-electron chi connectivity index (χ1n) is 9.69. The highest BCUT2D eigenvalue weighted by molar-refractivity contribution is 5.92. The van der Waals surface area contributed by atoms with Gasteiger partial charge >= 0.3 is 0 Å². The summed E-state index contributed by atoms with van der Waals surface area (Å²) in [5, 5.41) is 5.57. The largest absolute Gasteiger partial charge is 0.494 e. The van der Waals surface area contributed by atoms with Gasteiger partial charge in [0.2, 0.25) is 11.8 Å². The first-order valence-corrected chi connectivity index (χ1v) is 9.69. The van der Waals surface area contributed by atoms with Gasteiger partial charge in [-0.25, -0.2) is 0 Å². The Morgan fingerprint density at radius 3 is 1.80 bits per heavy atom. The average molecular weight is 404 g/mol. The Kier molecular flexibility index (Phi) is 7.05. The van der Waals surface area contributed by atoms with Crippen molar-refractivity contribution in [2.75, 3.05) is 17.2 Å². The molecule has 6 nitrogen and oxygen atoms in total. The van der Waals surface area contributed by atoms with Crippen molar-refractivity contribution in [2.45, 2.75) is 20.3 Å².